The number of aliphatic carboxylic acids is 1. The summed E-state index contributed by atoms with van der Waals surface area (Å²) >= 11 is 0. The van der Waals surface area contributed by atoms with Crippen LogP contribution in [-0.4, -0.2) is 51.5 Å². The Balaban J connectivity index is 1.89. The van der Waals surface area contributed by atoms with Gasteiger partial charge in [-0.25, -0.2) is 13.6 Å². The Morgan fingerprint density at radius 2 is 1.87 bits per heavy atom. The second-order valence-electron chi connectivity index (χ2n) is 10.1. The number of aliphatic hydroxyl groups excluding tert-OH is 1. The van der Waals surface area contributed by atoms with Gasteiger partial charge in [-0.3, -0.25) is 9.59 Å². The van der Waals surface area contributed by atoms with Gasteiger partial charge < -0.3 is 14.9 Å². The fourth-order valence-corrected chi connectivity index (χ4v) is 7.47. The molecule has 8 heteroatoms. The molecule has 4 aliphatic rings. The molecule has 31 heavy (non-hydrogen) atoms. The first-order valence-electron chi connectivity index (χ1n) is 10.6. The van der Waals surface area contributed by atoms with Crippen LogP contribution in [0.15, 0.2) is 23.8 Å². The van der Waals surface area contributed by atoms with E-state index in [2.05, 4.69) is 0 Å². The molecule has 0 saturated heterocycles. The predicted molar refractivity (Wildman–Crippen MR) is 105 cm³/mol. The van der Waals surface area contributed by atoms with Gasteiger partial charge in [0.2, 0.25) is 5.60 Å². The second-order valence-corrected chi connectivity index (χ2v) is 10.1. The molecule has 0 bridgehead atoms. The highest BCUT2D eigenvalue weighted by atomic mass is 19.1. The van der Waals surface area contributed by atoms with Crippen LogP contribution in [0.2, 0.25) is 0 Å². The minimum atomic E-state index is -2.30. The van der Waals surface area contributed by atoms with Crippen molar-refractivity contribution in [3.05, 3.63) is 23.8 Å². The summed E-state index contributed by atoms with van der Waals surface area (Å²) in [6.45, 7) is 5.84. The van der Waals surface area contributed by atoms with Crippen LogP contribution in [0.25, 0.3) is 0 Å². The lowest BCUT2D eigenvalue weighted by molar-refractivity contribution is -0.236. The number of rotatable bonds is 2. The van der Waals surface area contributed by atoms with Crippen molar-refractivity contribution in [3.63, 3.8) is 0 Å². The number of carboxylic acids is 1. The Morgan fingerprint density at radius 1 is 1.23 bits per heavy atom. The van der Waals surface area contributed by atoms with Crippen molar-refractivity contribution in [2.24, 2.45) is 28.6 Å². The molecule has 170 valence electrons. The molecular weight excluding hydrogens is 410 g/mol. The molecule has 3 fully saturated rings. The molecule has 2 N–H and O–H groups in total. The van der Waals surface area contributed by atoms with E-state index in [9.17, 15) is 24.6 Å². The van der Waals surface area contributed by atoms with Crippen molar-refractivity contribution in [2.45, 2.75) is 70.5 Å². The molecule has 0 spiro atoms. The van der Waals surface area contributed by atoms with Crippen molar-refractivity contribution in [3.8, 4) is 0 Å². The fourth-order valence-electron chi connectivity index (χ4n) is 7.47. The zero-order valence-electron chi connectivity index (χ0n) is 18.0. The third-order valence-electron chi connectivity index (χ3n) is 8.79. The van der Waals surface area contributed by atoms with Gasteiger partial charge in [-0.2, -0.15) is 0 Å². The summed E-state index contributed by atoms with van der Waals surface area (Å²) in [5.74, 6) is -4.88. The predicted octanol–water partition coefficient (Wildman–Crippen LogP) is 2.94. The first-order chi connectivity index (χ1) is 14.3. The van der Waals surface area contributed by atoms with Gasteiger partial charge in [-0.1, -0.05) is 19.9 Å². The van der Waals surface area contributed by atoms with Crippen molar-refractivity contribution >= 4 is 17.7 Å². The summed E-state index contributed by atoms with van der Waals surface area (Å²) in [5, 5.41) is 21.4. The SMILES string of the molecule is CC(=O)O[C@]1(C(=O)O)[C@H](C)C[C@H]2[C@@H]3C[C@H](F)C4=CC(=O)C=C[C@]4(C)[C@@]3(F)[C@@H](O)C[C@@]21C. The van der Waals surface area contributed by atoms with Crippen molar-refractivity contribution in [2.75, 3.05) is 0 Å². The van der Waals surface area contributed by atoms with Gasteiger partial charge in [0, 0.05) is 29.6 Å². The maximum Gasteiger partial charge on any atom is 0.349 e. The zero-order valence-corrected chi connectivity index (χ0v) is 18.0. The molecule has 3 saturated carbocycles. The highest BCUT2D eigenvalue weighted by Crippen LogP contribution is 2.71. The summed E-state index contributed by atoms with van der Waals surface area (Å²) < 4.78 is 37.8. The lowest BCUT2D eigenvalue weighted by Crippen LogP contribution is -2.70. The molecular formula is C23H28F2O6. The van der Waals surface area contributed by atoms with Gasteiger partial charge in [0.1, 0.15) is 6.17 Å². The Morgan fingerprint density at radius 3 is 2.45 bits per heavy atom. The van der Waals surface area contributed by atoms with E-state index in [4.69, 9.17) is 4.74 Å². The zero-order chi connectivity index (χ0) is 23.1. The Kier molecular flexibility index (Phi) is 4.61. The standard InChI is InChI=1S/C23H28F2O6/c1-11-7-14-15-9-17(24)16-8-13(27)5-6-20(16,3)22(15,25)18(28)10-21(14,4)23(11,19(29)30)31-12(2)26/h5-6,8,11,14-15,17-18,28H,7,9-10H2,1-4H3,(H,29,30)/t11-,14+,15+,17+,18+,20+,21+,22+,23+/m1/s1. The topological polar surface area (TPSA) is 101 Å². The summed E-state index contributed by atoms with van der Waals surface area (Å²) in [5.41, 5.74) is -7.07. The molecule has 4 aliphatic carbocycles. The van der Waals surface area contributed by atoms with Crippen LogP contribution < -0.4 is 0 Å². The van der Waals surface area contributed by atoms with Gasteiger partial charge in [-0.05, 0) is 49.8 Å². The lowest BCUT2D eigenvalue weighted by atomic mass is 9.44. The number of halogens is 2. The fraction of sp³-hybridized carbons (Fsp3) is 0.696. The molecule has 0 amide bonds. The number of alkyl halides is 2. The Bertz CT molecular complexity index is 929. The van der Waals surface area contributed by atoms with E-state index in [0.717, 1.165) is 13.0 Å². The van der Waals surface area contributed by atoms with Gasteiger partial charge in [0.15, 0.2) is 11.5 Å². The Hall–Kier alpha value is -2.09. The molecule has 6 nitrogen and oxygen atoms in total. The number of carbonyl (C=O) groups is 3. The van der Waals surface area contributed by atoms with Crippen LogP contribution >= 0.6 is 0 Å². The quantitative estimate of drug-likeness (QED) is 0.643. The number of esters is 1. The van der Waals surface area contributed by atoms with E-state index in [-0.39, 0.29) is 24.8 Å². The monoisotopic (exact) mass is 438 g/mol. The molecule has 9 atom stereocenters. The highest BCUT2D eigenvalue weighted by molar-refractivity contribution is 6.01. The first kappa shape index (κ1) is 22.1. The van der Waals surface area contributed by atoms with Crippen molar-refractivity contribution in [1.29, 1.82) is 0 Å². The molecule has 0 radical (unpaired) electrons. The first-order valence-corrected chi connectivity index (χ1v) is 10.6. The normalized spacial score (nSPS) is 50.7. The highest BCUT2D eigenvalue weighted by Gasteiger charge is 2.78. The average molecular weight is 438 g/mol. The number of hydrogen-bond acceptors (Lipinski definition) is 5. The summed E-state index contributed by atoms with van der Waals surface area (Å²) in [6, 6.07) is 0. The van der Waals surface area contributed by atoms with Crippen LogP contribution in [0, 0.1) is 28.6 Å². The van der Waals surface area contributed by atoms with E-state index < -0.39 is 69.9 Å². The largest absolute Gasteiger partial charge is 0.478 e. The number of carbonyl (C=O) groups excluding carboxylic acids is 2. The molecule has 0 aliphatic heterocycles. The van der Waals surface area contributed by atoms with Crippen LogP contribution in [-0.2, 0) is 19.1 Å². The maximum atomic E-state index is 17.0. The minimum Gasteiger partial charge on any atom is -0.478 e. The number of carboxylic acid groups (broad SMARTS) is 1. The average Bonchev–Trinajstić information content (AvgIpc) is 2.87. The number of hydrogen-bond donors (Lipinski definition) is 2. The third-order valence-corrected chi connectivity index (χ3v) is 8.79. The van der Waals surface area contributed by atoms with E-state index in [1.54, 1.807) is 13.8 Å². The molecule has 0 aromatic heterocycles. The summed E-state index contributed by atoms with van der Waals surface area (Å²) in [6.07, 6.45) is 0.0600. The number of allylic oxidation sites excluding steroid dienone is 4. The van der Waals surface area contributed by atoms with Crippen molar-refractivity contribution < 1.29 is 38.1 Å². The summed E-state index contributed by atoms with van der Waals surface area (Å²) in [4.78, 5) is 36.2. The van der Waals surface area contributed by atoms with Crippen LogP contribution in [0.1, 0.15) is 47.0 Å². The van der Waals surface area contributed by atoms with Crippen LogP contribution in [0.3, 0.4) is 0 Å². The molecule has 0 unspecified atom stereocenters. The van der Waals surface area contributed by atoms with E-state index in [1.807, 2.05) is 0 Å². The van der Waals surface area contributed by atoms with E-state index in [1.165, 1.54) is 19.1 Å². The van der Waals surface area contributed by atoms with E-state index >= 15 is 8.78 Å². The summed E-state index contributed by atoms with van der Waals surface area (Å²) in [7, 11) is 0. The second kappa shape index (κ2) is 6.47. The van der Waals surface area contributed by atoms with Gasteiger partial charge >= 0.3 is 11.9 Å². The molecule has 0 heterocycles. The molecule has 0 aromatic carbocycles. The number of fused-ring (bicyclic) bond motifs is 5. The smallest absolute Gasteiger partial charge is 0.349 e. The number of ether oxygens (including phenoxy) is 1. The van der Waals surface area contributed by atoms with Gasteiger partial charge in [-0.15, -0.1) is 0 Å². The number of aliphatic hydroxyl groups is 1. The molecule has 0 aromatic rings. The molecule has 4 rings (SSSR count). The van der Waals surface area contributed by atoms with Crippen LogP contribution in [0.4, 0.5) is 8.78 Å². The number of ketones is 1. The van der Waals surface area contributed by atoms with Gasteiger partial charge in [0.05, 0.1) is 6.10 Å². The van der Waals surface area contributed by atoms with Crippen LogP contribution in [0.5, 0.6) is 0 Å². The van der Waals surface area contributed by atoms with Gasteiger partial charge in [0.25, 0.3) is 0 Å². The maximum absolute atomic E-state index is 17.0. The lowest BCUT2D eigenvalue weighted by Gasteiger charge is -2.62. The minimum absolute atomic E-state index is 0.0110. The third kappa shape index (κ3) is 2.42. The van der Waals surface area contributed by atoms with E-state index in [0.29, 0.717) is 0 Å². The Labute approximate surface area is 179 Å². The van der Waals surface area contributed by atoms with Crippen molar-refractivity contribution in [1.82, 2.24) is 0 Å².